The number of carbonyl (C=O) groups is 2. The van der Waals surface area contributed by atoms with Crippen molar-refractivity contribution in [1.82, 2.24) is 5.32 Å². The van der Waals surface area contributed by atoms with Crippen LogP contribution in [0.4, 0.5) is 8.78 Å². The van der Waals surface area contributed by atoms with Gasteiger partial charge in [0.05, 0.1) is 5.41 Å². The van der Waals surface area contributed by atoms with Gasteiger partial charge in [0, 0.05) is 26.3 Å². The van der Waals surface area contributed by atoms with Gasteiger partial charge in [-0.3, -0.25) is 9.59 Å². The fourth-order valence-corrected chi connectivity index (χ4v) is 1.57. The molecule has 0 bridgehead atoms. The summed E-state index contributed by atoms with van der Waals surface area (Å²) in [6, 6.07) is 0. The Labute approximate surface area is 85.7 Å². The molecule has 2 N–H and O–H groups in total. The van der Waals surface area contributed by atoms with Crippen LogP contribution in [0.1, 0.15) is 26.2 Å². The second-order valence-corrected chi connectivity index (χ2v) is 3.97. The van der Waals surface area contributed by atoms with E-state index in [4.69, 9.17) is 5.11 Å². The zero-order valence-electron chi connectivity index (χ0n) is 8.35. The maximum Gasteiger partial charge on any atom is 0.303 e. The molecule has 0 radical (unpaired) electrons. The van der Waals surface area contributed by atoms with E-state index in [-0.39, 0.29) is 31.7 Å². The first-order valence-corrected chi connectivity index (χ1v) is 4.63. The average Bonchev–Trinajstić information content (AvgIpc) is 2.63. The Kier molecular flexibility index (Phi) is 2.97. The average molecular weight is 221 g/mol. The normalized spacial score (nSPS) is 27.1. The van der Waals surface area contributed by atoms with Gasteiger partial charge in [-0.2, -0.15) is 0 Å². The molecular weight excluding hydrogens is 208 g/mol. The van der Waals surface area contributed by atoms with Crippen LogP contribution in [-0.2, 0) is 9.59 Å². The van der Waals surface area contributed by atoms with Crippen molar-refractivity contribution >= 4 is 11.9 Å². The van der Waals surface area contributed by atoms with E-state index in [0.29, 0.717) is 0 Å². The molecule has 4 nitrogen and oxygen atoms in total. The van der Waals surface area contributed by atoms with Gasteiger partial charge in [0.25, 0.3) is 5.92 Å². The molecule has 86 valence electrons. The molecule has 1 saturated carbocycles. The van der Waals surface area contributed by atoms with Crippen LogP contribution >= 0.6 is 0 Å². The van der Waals surface area contributed by atoms with Crippen LogP contribution in [0.3, 0.4) is 0 Å². The monoisotopic (exact) mass is 221 g/mol. The molecule has 1 fully saturated rings. The molecule has 1 aliphatic carbocycles. The lowest BCUT2D eigenvalue weighted by Crippen LogP contribution is -2.31. The van der Waals surface area contributed by atoms with Crippen molar-refractivity contribution < 1.29 is 23.5 Å². The van der Waals surface area contributed by atoms with Gasteiger partial charge in [-0.05, 0) is 6.42 Å². The highest BCUT2D eigenvalue weighted by atomic mass is 19.3. The number of rotatable bonds is 5. The quantitative estimate of drug-likeness (QED) is 0.728. The molecule has 0 aromatic heterocycles. The van der Waals surface area contributed by atoms with Crippen LogP contribution in [0, 0.1) is 5.41 Å². The van der Waals surface area contributed by atoms with Crippen molar-refractivity contribution in [3.8, 4) is 0 Å². The predicted octanol–water partition coefficient (Wildman–Crippen LogP) is 1.01. The van der Waals surface area contributed by atoms with E-state index in [9.17, 15) is 18.4 Å². The number of amides is 1. The van der Waals surface area contributed by atoms with Crippen LogP contribution < -0.4 is 5.32 Å². The Morgan fingerprint density at radius 2 is 2.00 bits per heavy atom. The van der Waals surface area contributed by atoms with Crippen molar-refractivity contribution in [3.05, 3.63) is 0 Å². The molecule has 0 aromatic carbocycles. The molecule has 1 unspecified atom stereocenters. The van der Waals surface area contributed by atoms with Gasteiger partial charge in [-0.1, -0.05) is 0 Å². The van der Waals surface area contributed by atoms with E-state index in [2.05, 4.69) is 5.32 Å². The summed E-state index contributed by atoms with van der Waals surface area (Å²) in [5.74, 6) is -4.32. The van der Waals surface area contributed by atoms with E-state index in [1.54, 1.807) is 0 Å². The van der Waals surface area contributed by atoms with Crippen LogP contribution in [0.5, 0.6) is 0 Å². The number of hydrogen-bond acceptors (Lipinski definition) is 2. The van der Waals surface area contributed by atoms with E-state index < -0.39 is 17.3 Å². The predicted molar refractivity (Wildman–Crippen MR) is 47.6 cm³/mol. The minimum atomic E-state index is -2.84. The molecule has 0 saturated heterocycles. The molecule has 0 spiro atoms. The Hall–Kier alpha value is -1.20. The number of carboxylic acid groups (broad SMARTS) is 1. The van der Waals surface area contributed by atoms with Gasteiger partial charge < -0.3 is 10.4 Å². The topological polar surface area (TPSA) is 66.4 Å². The highest BCUT2D eigenvalue weighted by Gasteiger charge is 2.70. The summed E-state index contributed by atoms with van der Waals surface area (Å²) in [6.07, 6.45) is -0.738. The van der Waals surface area contributed by atoms with Crippen molar-refractivity contribution in [3.63, 3.8) is 0 Å². The fourth-order valence-electron chi connectivity index (χ4n) is 1.57. The zero-order chi connectivity index (χ0) is 11.7. The molecule has 6 heteroatoms. The van der Waals surface area contributed by atoms with E-state index in [1.165, 1.54) is 6.92 Å². The van der Waals surface area contributed by atoms with Crippen LogP contribution in [0.2, 0.25) is 0 Å². The molecular formula is C9H13F2NO3. The van der Waals surface area contributed by atoms with Gasteiger partial charge in [-0.15, -0.1) is 0 Å². The summed E-state index contributed by atoms with van der Waals surface area (Å²) >= 11 is 0. The minimum absolute atomic E-state index is 0.102. The van der Waals surface area contributed by atoms with Crippen molar-refractivity contribution in [1.29, 1.82) is 0 Å². The molecule has 15 heavy (non-hydrogen) atoms. The first kappa shape index (κ1) is 11.9. The van der Waals surface area contributed by atoms with Crippen molar-refractivity contribution in [2.24, 2.45) is 5.41 Å². The standard InChI is InChI=1S/C9H13F2NO3/c1-6(13)12-5-8(3-2-7(14)15)4-9(8,10)11/h2-5H2,1H3,(H,12,13)(H,14,15). The maximum atomic E-state index is 13.0. The molecule has 0 aromatic rings. The molecule has 0 aliphatic heterocycles. The highest BCUT2D eigenvalue weighted by Crippen LogP contribution is 2.62. The number of nitrogens with one attached hydrogen (secondary N) is 1. The third-order valence-corrected chi connectivity index (χ3v) is 2.70. The van der Waals surface area contributed by atoms with Crippen LogP contribution in [0.25, 0.3) is 0 Å². The molecule has 1 rings (SSSR count). The largest absolute Gasteiger partial charge is 0.481 e. The molecule has 1 amide bonds. The summed E-state index contributed by atoms with van der Waals surface area (Å²) in [6.45, 7) is 1.09. The van der Waals surface area contributed by atoms with Crippen molar-refractivity contribution in [2.75, 3.05) is 6.54 Å². The lowest BCUT2D eigenvalue weighted by Gasteiger charge is -2.15. The molecule has 1 aliphatic rings. The number of halogens is 2. The Bertz CT molecular complexity index is 273. The Morgan fingerprint density at radius 3 is 2.33 bits per heavy atom. The van der Waals surface area contributed by atoms with Gasteiger partial charge in [0.2, 0.25) is 5.91 Å². The smallest absolute Gasteiger partial charge is 0.303 e. The summed E-state index contributed by atoms with van der Waals surface area (Å²) in [7, 11) is 0. The second-order valence-electron chi connectivity index (χ2n) is 3.97. The van der Waals surface area contributed by atoms with Gasteiger partial charge in [0.15, 0.2) is 0 Å². The number of carboxylic acids is 1. The van der Waals surface area contributed by atoms with E-state index >= 15 is 0 Å². The number of alkyl halides is 2. The molecule has 1 atom stereocenters. The lowest BCUT2D eigenvalue weighted by atomic mass is 9.99. The van der Waals surface area contributed by atoms with Gasteiger partial charge in [0.1, 0.15) is 0 Å². The Morgan fingerprint density at radius 1 is 1.47 bits per heavy atom. The van der Waals surface area contributed by atoms with E-state index in [1.807, 2.05) is 0 Å². The Balaban J connectivity index is 2.50. The SMILES string of the molecule is CC(=O)NCC1(CCC(=O)O)CC1(F)F. The summed E-state index contributed by atoms with van der Waals surface area (Å²) in [5.41, 5.74) is -1.34. The first-order chi connectivity index (χ1) is 6.79. The van der Waals surface area contributed by atoms with Crippen molar-refractivity contribution in [2.45, 2.75) is 32.1 Å². The van der Waals surface area contributed by atoms with Crippen LogP contribution in [-0.4, -0.2) is 29.5 Å². The van der Waals surface area contributed by atoms with E-state index in [0.717, 1.165) is 0 Å². The summed E-state index contributed by atoms with van der Waals surface area (Å²) < 4.78 is 26.0. The lowest BCUT2D eigenvalue weighted by molar-refractivity contribution is -0.137. The molecule has 0 heterocycles. The number of aliphatic carboxylic acids is 1. The van der Waals surface area contributed by atoms with Gasteiger partial charge in [-0.25, -0.2) is 8.78 Å². The summed E-state index contributed by atoms with van der Waals surface area (Å²) in [5, 5.41) is 10.7. The third kappa shape index (κ3) is 2.64. The minimum Gasteiger partial charge on any atom is -0.481 e. The first-order valence-electron chi connectivity index (χ1n) is 4.63. The zero-order valence-corrected chi connectivity index (χ0v) is 8.35. The highest BCUT2D eigenvalue weighted by molar-refractivity contribution is 5.73. The maximum absolute atomic E-state index is 13.0. The fraction of sp³-hybridized carbons (Fsp3) is 0.778. The number of hydrogen-bond donors (Lipinski definition) is 2. The third-order valence-electron chi connectivity index (χ3n) is 2.70. The van der Waals surface area contributed by atoms with Gasteiger partial charge >= 0.3 is 5.97 Å². The summed E-state index contributed by atoms with van der Waals surface area (Å²) in [4.78, 5) is 20.9. The number of carbonyl (C=O) groups excluding carboxylic acids is 1. The van der Waals surface area contributed by atoms with Crippen LogP contribution in [0.15, 0.2) is 0 Å². The second kappa shape index (κ2) is 3.75.